The number of carbonyl (C=O) groups is 2. The Morgan fingerprint density at radius 3 is 2.58 bits per heavy atom. The van der Waals surface area contributed by atoms with Crippen molar-refractivity contribution in [2.75, 3.05) is 11.9 Å². The molecule has 2 aromatic rings. The lowest BCUT2D eigenvalue weighted by Crippen LogP contribution is -2.32. The molecule has 0 bridgehead atoms. The Balaban J connectivity index is 1.85. The zero-order valence-electron chi connectivity index (χ0n) is 14.3. The van der Waals surface area contributed by atoms with Gasteiger partial charge in [-0.2, -0.15) is 0 Å². The molecule has 24 heavy (non-hydrogen) atoms. The molecule has 0 aliphatic heterocycles. The van der Waals surface area contributed by atoms with Crippen LogP contribution in [0.25, 0.3) is 0 Å². The van der Waals surface area contributed by atoms with Crippen LogP contribution in [0.15, 0.2) is 18.2 Å². The van der Waals surface area contributed by atoms with E-state index in [1.165, 1.54) is 11.3 Å². The molecule has 1 aromatic heterocycles. The van der Waals surface area contributed by atoms with Crippen LogP contribution in [-0.4, -0.2) is 28.6 Å². The smallest absolute Gasteiger partial charge is 0.251 e. The van der Waals surface area contributed by atoms with Crippen LogP contribution in [0.4, 0.5) is 5.13 Å². The van der Waals surface area contributed by atoms with Gasteiger partial charge >= 0.3 is 0 Å². The number of carbonyl (C=O) groups excluding carboxylic acids is 2. The SMILES string of the molecule is Cc1ccc(C(=O)NCC(=O)Nc2nnc(CC(C)C)s2)cc1C. The van der Waals surface area contributed by atoms with Crippen molar-refractivity contribution in [1.82, 2.24) is 15.5 Å². The number of aryl methyl sites for hydroxylation is 2. The Morgan fingerprint density at radius 1 is 1.17 bits per heavy atom. The number of nitrogens with zero attached hydrogens (tertiary/aromatic N) is 2. The van der Waals surface area contributed by atoms with E-state index in [4.69, 9.17) is 0 Å². The molecule has 7 heteroatoms. The average molecular weight is 346 g/mol. The molecule has 0 aliphatic carbocycles. The number of aromatic nitrogens is 2. The van der Waals surface area contributed by atoms with E-state index < -0.39 is 0 Å². The third-order valence-electron chi connectivity index (χ3n) is 3.47. The summed E-state index contributed by atoms with van der Waals surface area (Å²) in [6.07, 6.45) is 0.830. The monoisotopic (exact) mass is 346 g/mol. The van der Waals surface area contributed by atoms with Crippen molar-refractivity contribution in [2.45, 2.75) is 34.1 Å². The van der Waals surface area contributed by atoms with Gasteiger partial charge in [-0.05, 0) is 43.0 Å². The van der Waals surface area contributed by atoms with Gasteiger partial charge in [0.15, 0.2) is 0 Å². The third-order valence-corrected chi connectivity index (χ3v) is 4.34. The van der Waals surface area contributed by atoms with E-state index in [0.717, 1.165) is 22.6 Å². The maximum absolute atomic E-state index is 12.1. The second-order valence-corrected chi connectivity index (χ2v) is 7.19. The molecule has 1 aromatic carbocycles. The molecular formula is C17H22N4O2S. The number of nitrogens with one attached hydrogen (secondary N) is 2. The first-order chi connectivity index (χ1) is 11.3. The molecule has 0 saturated carbocycles. The summed E-state index contributed by atoms with van der Waals surface area (Å²) in [5, 5.41) is 14.6. The highest BCUT2D eigenvalue weighted by Gasteiger charge is 2.12. The summed E-state index contributed by atoms with van der Waals surface area (Å²) < 4.78 is 0. The minimum Gasteiger partial charge on any atom is -0.343 e. The lowest BCUT2D eigenvalue weighted by molar-refractivity contribution is -0.115. The van der Waals surface area contributed by atoms with Crippen LogP contribution in [-0.2, 0) is 11.2 Å². The molecule has 0 fully saturated rings. The van der Waals surface area contributed by atoms with Crippen LogP contribution in [0.5, 0.6) is 0 Å². The van der Waals surface area contributed by atoms with Gasteiger partial charge in [-0.1, -0.05) is 31.3 Å². The largest absolute Gasteiger partial charge is 0.343 e. The minimum atomic E-state index is -0.320. The predicted molar refractivity (Wildman–Crippen MR) is 95.3 cm³/mol. The van der Waals surface area contributed by atoms with Crippen LogP contribution in [0.2, 0.25) is 0 Å². The fraction of sp³-hybridized carbons (Fsp3) is 0.412. The quantitative estimate of drug-likeness (QED) is 0.842. The molecule has 0 aliphatic rings. The lowest BCUT2D eigenvalue weighted by atomic mass is 10.1. The summed E-state index contributed by atoms with van der Waals surface area (Å²) in [6.45, 7) is 8.03. The molecule has 6 nitrogen and oxygen atoms in total. The van der Waals surface area contributed by atoms with E-state index in [1.54, 1.807) is 6.07 Å². The fourth-order valence-corrected chi connectivity index (χ4v) is 3.01. The average Bonchev–Trinajstić information content (AvgIpc) is 2.93. The second-order valence-electron chi connectivity index (χ2n) is 6.13. The van der Waals surface area contributed by atoms with Gasteiger partial charge < -0.3 is 5.32 Å². The standard InChI is InChI=1S/C17H22N4O2S/c1-10(2)7-15-20-21-17(24-15)19-14(22)9-18-16(23)13-6-5-11(3)12(4)8-13/h5-6,8,10H,7,9H2,1-4H3,(H,18,23)(H,19,21,22). The van der Waals surface area contributed by atoms with Gasteiger partial charge in [0, 0.05) is 12.0 Å². The fourth-order valence-electron chi connectivity index (χ4n) is 2.04. The van der Waals surface area contributed by atoms with Gasteiger partial charge in [-0.3, -0.25) is 14.9 Å². The number of anilines is 1. The third kappa shape index (κ3) is 5.13. The van der Waals surface area contributed by atoms with Crippen molar-refractivity contribution in [1.29, 1.82) is 0 Å². The van der Waals surface area contributed by atoms with Crippen molar-refractivity contribution in [3.8, 4) is 0 Å². The summed E-state index contributed by atoms with van der Waals surface area (Å²) in [7, 11) is 0. The van der Waals surface area contributed by atoms with E-state index in [2.05, 4.69) is 34.7 Å². The van der Waals surface area contributed by atoms with Crippen LogP contribution < -0.4 is 10.6 Å². The molecule has 1 heterocycles. The van der Waals surface area contributed by atoms with Crippen LogP contribution in [0.3, 0.4) is 0 Å². The normalized spacial score (nSPS) is 10.7. The minimum absolute atomic E-state index is 0.106. The van der Waals surface area contributed by atoms with Crippen molar-refractivity contribution in [3.63, 3.8) is 0 Å². The summed E-state index contributed by atoms with van der Waals surface area (Å²) in [5.41, 5.74) is 2.71. The highest BCUT2D eigenvalue weighted by Crippen LogP contribution is 2.18. The molecule has 0 radical (unpaired) electrons. The lowest BCUT2D eigenvalue weighted by Gasteiger charge is -2.07. The summed E-state index contributed by atoms with van der Waals surface area (Å²) in [6, 6.07) is 5.45. The second kappa shape index (κ2) is 8.01. The Labute approximate surface area is 145 Å². The van der Waals surface area contributed by atoms with Crippen LogP contribution >= 0.6 is 11.3 Å². The van der Waals surface area contributed by atoms with Gasteiger partial charge in [0.2, 0.25) is 11.0 Å². The molecule has 0 atom stereocenters. The molecule has 0 spiro atoms. The number of rotatable bonds is 6. The first-order valence-corrected chi connectivity index (χ1v) is 8.64. The van der Waals surface area contributed by atoms with Crippen molar-refractivity contribution >= 4 is 28.3 Å². The highest BCUT2D eigenvalue weighted by atomic mass is 32.1. The van der Waals surface area contributed by atoms with E-state index in [9.17, 15) is 9.59 Å². The highest BCUT2D eigenvalue weighted by molar-refractivity contribution is 7.15. The molecule has 2 amide bonds. The number of hydrogen-bond acceptors (Lipinski definition) is 5. The molecule has 0 unspecified atom stereocenters. The maximum atomic E-state index is 12.1. The summed E-state index contributed by atoms with van der Waals surface area (Å²) in [5.74, 6) is -0.107. The van der Waals surface area contributed by atoms with Gasteiger partial charge in [0.1, 0.15) is 5.01 Å². The maximum Gasteiger partial charge on any atom is 0.251 e. The number of hydrogen-bond donors (Lipinski definition) is 2. The molecule has 0 saturated heterocycles. The van der Waals surface area contributed by atoms with Gasteiger partial charge in [-0.25, -0.2) is 0 Å². The summed E-state index contributed by atoms with van der Waals surface area (Å²) >= 11 is 1.36. The Morgan fingerprint density at radius 2 is 1.92 bits per heavy atom. The van der Waals surface area contributed by atoms with E-state index in [-0.39, 0.29) is 18.4 Å². The zero-order chi connectivity index (χ0) is 17.7. The topological polar surface area (TPSA) is 84.0 Å². The van der Waals surface area contributed by atoms with Gasteiger partial charge in [-0.15, -0.1) is 10.2 Å². The Hall–Kier alpha value is -2.28. The van der Waals surface area contributed by atoms with Crippen molar-refractivity contribution in [3.05, 3.63) is 39.9 Å². The molecule has 128 valence electrons. The summed E-state index contributed by atoms with van der Waals surface area (Å²) in [4.78, 5) is 24.0. The van der Waals surface area contributed by atoms with Crippen molar-refractivity contribution in [2.24, 2.45) is 5.92 Å². The van der Waals surface area contributed by atoms with Gasteiger partial charge in [0.05, 0.1) is 6.54 Å². The van der Waals surface area contributed by atoms with Gasteiger partial charge in [0.25, 0.3) is 5.91 Å². The molecule has 2 rings (SSSR count). The Bertz CT molecular complexity index is 740. The molecule has 2 N–H and O–H groups in total. The van der Waals surface area contributed by atoms with E-state index >= 15 is 0 Å². The molecular weight excluding hydrogens is 324 g/mol. The van der Waals surface area contributed by atoms with E-state index in [1.807, 2.05) is 26.0 Å². The number of benzene rings is 1. The van der Waals surface area contributed by atoms with E-state index in [0.29, 0.717) is 16.6 Å². The Kier molecular flexibility index (Phi) is 6.03. The number of amides is 2. The van der Waals surface area contributed by atoms with Crippen LogP contribution in [0.1, 0.15) is 40.3 Å². The first-order valence-electron chi connectivity index (χ1n) is 7.83. The zero-order valence-corrected chi connectivity index (χ0v) is 15.2. The predicted octanol–water partition coefficient (Wildman–Crippen LogP) is 2.72. The van der Waals surface area contributed by atoms with Crippen LogP contribution in [0, 0.1) is 19.8 Å². The van der Waals surface area contributed by atoms with Crippen molar-refractivity contribution < 1.29 is 9.59 Å². The first kappa shape index (κ1) is 18.1.